The topological polar surface area (TPSA) is 101 Å². The van der Waals surface area contributed by atoms with Gasteiger partial charge in [0.25, 0.3) is 5.91 Å². The molecule has 39 heavy (non-hydrogen) atoms. The SMILES string of the molecule is N=C(N)NCCc1ccc(OCCC2Oc3ccccc3N(Cc3ccc(-c4ccccc4)cc3)C2=O)cc1. The summed E-state index contributed by atoms with van der Waals surface area (Å²) in [6.45, 7) is 1.42. The van der Waals surface area contributed by atoms with Crippen LogP contribution in [0, 0.1) is 5.41 Å². The van der Waals surface area contributed by atoms with Crippen molar-refractivity contribution in [2.75, 3.05) is 18.1 Å². The van der Waals surface area contributed by atoms with Crippen LogP contribution in [0.5, 0.6) is 11.5 Å². The van der Waals surface area contributed by atoms with Crippen LogP contribution < -0.4 is 25.4 Å². The van der Waals surface area contributed by atoms with E-state index in [9.17, 15) is 4.79 Å². The van der Waals surface area contributed by atoms with Gasteiger partial charge in [0.05, 0.1) is 18.8 Å². The fraction of sp³-hybridized carbons (Fsp3) is 0.188. The van der Waals surface area contributed by atoms with Gasteiger partial charge in [-0.3, -0.25) is 10.2 Å². The largest absolute Gasteiger partial charge is 0.493 e. The van der Waals surface area contributed by atoms with Crippen molar-refractivity contribution in [2.45, 2.75) is 25.5 Å². The third-order valence-corrected chi connectivity index (χ3v) is 6.67. The zero-order valence-corrected chi connectivity index (χ0v) is 21.7. The first-order chi connectivity index (χ1) is 19.1. The Hall–Kier alpha value is -4.78. The zero-order chi connectivity index (χ0) is 27.0. The molecule has 1 amide bonds. The van der Waals surface area contributed by atoms with Gasteiger partial charge in [-0.05, 0) is 52.9 Å². The Bertz CT molecular complexity index is 1410. The van der Waals surface area contributed by atoms with E-state index in [1.165, 1.54) is 0 Å². The molecule has 7 heteroatoms. The van der Waals surface area contributed by atoms with Crippen LogP contribution in [0.15, 0.2) is 103 Å². The first-order valence-electron chi connectivity index (χ1n) is 13.1. The minimum Gasteiger partial charge on any atom is -0.493 e. The number of rotatable bonds is 10. The Morgan fingerprint density at radius 1 is 0.872 bits per heavy atom. The van der Waals surface area contributed by atoms with E-state index in [-0.39, 0.29) is 11.9 Å². The van der Waals surface area contributed by atoms with Crippen LogP contribution in [0.1, 0.15) is 17.5 Å². The summed E-state index contributed by atoms with van der Waals surface area (Å²) in [5.41, 5.74) is 10.6. The monoisotopic (exact) mass is 520 g/mol. The molecule has 1 atom stereocenters. The first kappa shape index (κ1) is 25.9. The van der Waals surface area contributed by atoms with E-state index in [0.29, 0.717) is 31.9 Å². The second-order valence-corrected chi connectivity index (χ2v) is 9.43. The Balaban J connectivity index is 1.21. The second-order valence-electron chi connectivity index (χ2n) is 9.43. The normalized spacial score (nSPS) is 14.3. The van der Waals surface area contributed by atoms with Crippen LogP contribution in [0.3, 0.4) is 0 Å². The second kappa shape index (κ2) is 12.2. The van der Waals surface area contributed by atoms with Gasteiger partial charge in [0.15, 0.2) is 12.1 Å². The molecule has 0 aromatic heterocycles. The van der Waals surface area contributed by atoms with Crippen molar-refractivity contribution in [1.82, 2.24) is 5.32 Å². The highest BCUT2D eigenvalue weighted by molar-refractivity contribution is 6.00. The molecule has 1 unspecified atom stereocenters. The standard InChI is InChI=1S/C32H32N4O3/c33-32(34)35-20-18-23-12-16-27(17-13-23)38-21-19-30-31(37)36(28-8-4-5-9-29(28)39-30)22-24-10-14-26(15-11-24)25-6-2-1-3-7-25/h1-17,30H,18-22H2,(H4,33,34,35). The van der Waals surface area contributed by atoms with Gasteiger partial charge in [0, 0.05) is 13.0 Å². The summed E-state index contributed by atoms with van der Waals surface area (Å²) in [4.78, 5) is 15.3. The van der Waals surface area contributed by atoms with E-state index in [2.05, 4.69) is 41.7 Å². The van der Waals surface area contributed by atoms with Crippen LogP contribution in [0.4, 0.5) is 5.69 Å². The number of hydrogen-bond acceptors (Lipinski definition) is 4. The number of anilines is 1. The maximum atomic E-state index is 13.5. The number of para-hydroxylation sites is 2. The molecule has 0 saturated carbocycles. The fourth-order valence-electron chi connectivity index (χ4n) is 4.61. The molecule has 198 valence electrons. The van der Waals surface area contributed by atoms with E-state index in [4.69, 9.17) is 20.6 Å². The van der Waals surface area contributed by atoms with E-state index >= 15 is 0 Å². The molecule has 5 rings (SSSR count). The zero-order valence-electron chi connectivity index (χ0n) is 21.7. The van der Waals surface area contributed by atoms with Crippen LogP contribution in [0.2, 0.25) is 0 Å². The number of nitrogens with one attached hydrogen (secondary N) is 2. The molecule has 1 heterocycles. The van der Waals surface area contributed by atoms with Gasteiger partial charge in [-0.25, -0.2) is 0 Å². The summed E-state index contributed by atoms with van der Waals surface area (Å²) in [6, 6.07) is 34.0. The van der Waals surface area contributed by atoms with Gasteiger partial charge in [-0.15, -0.1) is 0 Å². The number of carbonyl (C=O) groups excluding carboxylic acids is 1. The van der Waals surface area contributed by atoms with Crippen LogP contribution in [-0.4, -0.2) is 31.1 Å². The van der Waals surface area contributed by atoms with Crippen LogP contribution in [0.25, 0.3) is 11.1 Å². The number of amides is 1. The summed E-state index contributed by atoms with van der Waals surface area (Å²) in [5.74, 6) is 1.33. The average Bonchev–Trinajstić information content (AvgIpc) is 2.96. The molecule has 1 aliphatic rings. The minimum absolute atomic E-state index is 0.0309. The Labute approximate surface area is 228 Å². The molecule has 0 spiro atoms. The Morgan fingerprint density at radius 2 is 1.54 bits per heavy atom. The third kappa shape index (κ3) is 6.57. The number of carbonyl (C=O) groups is 1. The predicted molar refractivity (Wildman–Crippen MR) is 154 cm³/mol. The highest BCUT2D eigenvalue weighted by Crippen LogP contribution is 2.35. The van der Waals surface area contributed by atoms with Crippen molar-refractivity contribution in [3.63, 3.8) is 0 Å². The van der Waals surface area contributed by atoms with Crippen molar-refractivity contribution >= 4 is 17.6 Å². The molecular weight excluding hydrogens is 488 g/mol. The molecule has 4 N–H and O–H groups in total. The molecule has 0 aliphatic carbocycles. The van der Waals surface area contributed by atoms with Crippen molar-refractivity contribution in [3.8, 4) is 22.6 Å². The maximum Gasteiger partial charge on any atom is 0.268 e. The summed E-state index contributed by atoms with van der Waals surface area (Å²) in [6.07, 6.45) is 0.565. The molecule has 0 radical (unpaired) electrons. The van der Waals surface area contributed by atoms with Crippen LogP contribution >= 0.6 is 0 Å². The van der Waals surface area contributed by atoms with E-state index in [1.54, 1.807) is 0 Å². The number of nitrogens with two attached hydrogens (primary N) is 1. The number of hydrogen-bond donors (Lipinski definition) is 3. The molecular formula is C32H32N4O3. The molecule has 4 aromatic carbocycles. The number of benzene rings is 4. The van der Waals surface area contributed by atoms with E-state index < -0.39 is 6.10 Å². The van der Waals surface area contributed by atoms with Crippen molar-refractivity contribution in [2.24, 2.45) is 5.73 Å². The predicted octanol–water partition coefficient (Wildman–Crippen LogP) is 5.14. The maximum absolute atomic E-state index is 13.5. The summed E-state index contributed by atoms with van der Waals surface area (Å²) >= 11 is 0. The van der Waals surface area contributed by atoms with Crippen LogP contribution in [-0.2, 0) is 17.8 Å². The molecule has 0 saturated heterocycles. The quantitative estimate of drug-likeness (QED) is 0.199. The van der Waals surface area contributed by atoms with Gasteiger partial charge < -0.3 is 25.4 Å². The summed E-state index contributed by atoms with van der Waals surface area (Å²) in [5, 5.41) is 10.0. The Morgan fingerprint density at radius 3 is 2.28 bits per heavy atom. The number of fused-ring (bicyclic) bond motifs is 1. The van der Waals surface area contributed by atoms with Gasteiger partial charge >= 0.3 is 0 Å². The summed E-state index contributed by atoms with van der Waals surface area (Å²) < 4.78 is 12.0. The molecule has 4 aromatic rings. The highest BCUT2D eigenvalue weighted by Gasteiger charge is 2.34. The number of guanidine groups is 1. The van der Waals surface area contributed by atoms with Gasteiger partial charge in [-0.1, -0.05) is 78.9 Å². The fourth-order valence-corrected chi connectivity index (χ4v) is 4.61. The van der Waals surface area contributed by atoms with Gasteiger partial charge in [0.1, 0.15) is 11.5 Å². The van der Waals surface area contributed by atoms with E-state index in [0.717, 1.165) is 40.1 Å². The van der Waals surface area contributed by atoms with Crippen molar-refractivity contribution < 1.29 is 14.3 Å². The molecule has 0 bridgehead atoms. The van der Waals surface area contributed by atoms with Gasteiger partial charge in [-0.2, -0.15) is 0 Å². The lowest BCUT2D eigenvalue weighted by molar-refractivity contribution is -0.127. The third-order valence-electron chi connectivity index (χ3n) is 6.67. The molecule has 1 aliphatic heterocycles. The lowest BCUT2D eigenvalue weighted by Gasteiger charge is -2.34. The highest BCUT2D eigenvalue weighted by atomic mass is 16.5. The Kier molecular flexibility index (Phi) is 8.07. The smallest absolute Gasteiger partial charge is 0.268 e. The van der Waals surface area contributed by atoms with Gasteiger partial charge in [0.2, 0.25) is 0 Å². The van der Waals surface area contributed by atoms with Crippen molar-refractivity contribution in [1.29, 1.82) is 5.41 Å². The minimum atomic E-state index is -0.625. The number of ether oxygens (including phenoxy) is 2. The lowest BCUT2D eigenvalue weighted by Crippen LogP contribution is -2.46. The number of nitrogens with zero attached hydrogens (tertiary/aromatic N) is 1. The summed E-state index contributed by atoms with van der Waals surface area (Å²) in [7, 11) is 0. The van der Waals surface area contributed by atoms with E-state index in [1.807, 2.05) is 71.6 Å². The molecule has 0 fully saturated rings. The molecule has 7 nitrogen and oxygen atoms in total. The first-order valence-corrected chi connectivity index (χ1v) is 13.1. The van der Waals surface area contributed by atoms with Crippen molar-refractivity contribution in [3.05, 3.63) is 114 Å². The lowest BCUT2D eigenvalue weighted by atomic mass is 10.0. The average molecular weight is 521 g/mol.